The number of hydrogen-bond acceptors (Lipinski definition) is 3. The minimum Gasteiger partial charge on any atom is -0.463 e. The van der Waals surface area contributed by atoms with Gasteiger partial charge in [-0.25, -0.2) is 4.79 Å². The van der Waals surface area contributed by atoms with Gasteiger partial charge in [-0.05, 0) is 5.56 Å². The van der Waals surface area contributed by atoms with Crippen molar-refractivity contribution in [2.75, 3.05) is 13.2 Å². The molecule has 0 unspecified atom stereocenters. The average molecular weight is 260 g/mol. The summed E-state index contributed by atoms with van der Waals surface area (Å²) in [5.74, 6) is -1.36. The van der Waals surface area contributed by atoms with Crippen molar-refractivity contribution in [1.29, 1.82) is 0 Å². The molecule has 0 aliphatic carbocycles. The van der Waals surface area contributed by atoms with E-state index in [1.165, 1.54) is 0 Å². The second-order valence-corrected chi connectivity index (χ2v) is 3.98. The van der Waals surface area contributed by atoms with Crippen molar-refractivity contribution in [2.24, 2.45) is 0 Å². The number of hydrogen-bond donors (Lipinski definition) is 0. The number of carbonyl (C=O) groups is 1. The van der Waals surface area contributed by atoms with Crippen LogP contribution in [0.2, 0.25) is 0 Å². The Morgan fingerprint density at radius 3 is 2.44 bits per heavy atom. The maximum absolute atomic E-state index is 12.5. The zero-order chi connectivity index (χ0) is 13.2. The maximum Gasteiger partial charge on any atom is 0.430 e. The molecule has 1 aliphatic rings. The normalized spacial score (nSPS) is 22.6. The van der Waals surface area contributed by atoms with Gasteiger partial charge in [0.25, 0.3) is 5.60 Å². The Balaban J connectivity index is 1.83. The number of halogens is 3. The summed E-state index contributed by atoms with van der Waals surface area (Å²) in [7, 11) is 0. The molecule has 1 saturated heterocycles. The summed E-state index contributed by atoms with van der Waals surface area (Å²) in [5, 5.41) is 0. The van der Waals surface area contributed by atoms with Gasteiger partial charge >= 0.3 is 12.1 Å². The highest BCUT2D eigenvalue weighted by Crippen LogP contribution is 2.44. The first-order chi connectivity index (χ1) is 8.46. The Morgan fingerprint density at radius 2 is 1.94 bits per heavy atom. The summed E-state index contributed by atoms with van der Waals surface area (Å²) in [5.41, 5.74) is -1.83. The van der Waals surface area contributed by atoms with Crippen LogP contribution in [0.15, 0.2) is 30.3 Å². The number of epoxide rings is 1. The molecular formula is C12H11F3O3. The number of carbonyl (C=O) groups excluding carboxylic acids is 1. The standard InChI is InChI=1S/C12H11F3O3/c13-12(14,15)11(8-18-11)10(16)17-7-6-9-4-2-1-3-5-9/h1-5H,6-8H2/t11-/m1/s1. The molecular weight excluding hydrogens is 249 g/mol. The van der Waals surface area contributed by atoms with E-state index in [-0.39, 0.29) is 6.61 Å². The van der Waals surface area contributed by atoms with Gasteiger partial charge in [-0.1, -0.05) is 30.3 Å². The molecule has 1 aromatic carbocycles. The largest absolute Gasteiger partial charge is 0.463 e. The lowest BCUT2D eigenvalue weighted by Gasteiger charge is -2.14. The summed E-state index contributed by atoms with van der Waals surface area (Å²) in [4.78, 5) is 11.3. The smallest absolute Gasteiger partial charge is 0.430 e. The lowest BCUT2D eigenvalue weighted by atomic mass is 10.1. The lowest BCUT2D eigenvalue weighted by Crippen LogP contribution is -2.42. The minimum absolute atomic E-state index is 0.0932. The molecule has 0 spiro atoms. The molecule has 1 fully saturated rings. The van der Waals surface area contributed by atoms with Gasteiger partial charge in [-0.2, -0.15) is 13.2 Å². The van der Waals surface area contributed by atoms with Crippen molar-refractivity contribution >= 4 is 5.97 Å². The molecule has 98 valence electrons. The first kappa shape index (κ1) is 12.9. The Hall–Kier alpha value is -1.56. The van der Waals surface area contributed by atoms with Crippen LogP contribution in [0.25, 0.3) is 0 Å². The molecule has 6 heteroatoms. The van der Waals surface area contributed by atoms with E-state index in [1.54, 1.807) is 24.3 Å². The van der Waals surface area contributed by atoms with Gasteiger partial charge in [-0.15, -0.1) is 0 Å². The fraction of sp³-hybridized carbons (Fsp3) is 0.417. The predicted molar refractivity (Wildman–Crippen MR) is 55.8 cm³/mol. The molecule has 0 aromatic heterocycles. The van der Waals surface area contributed by atoms with E-state index in [4.69, 9.17) is 0 Å². The fourth-order valence-electron chi connectivity index (χ4n) is 1.49. The van der Waals surface area contributed by atoms with Crippen molar-refractivity contribution in [3.63, 3.8) is 0 Å². The van der Waals surface area contributed by atoms with E-state index >= 15 is 0 Å². The molecule has 18 heavy (non-hydrogen) atoms. The highest BCUT2D eigenvalue weighted by atomic mass is 19.4. The second kappa shape index (κ2) is 4.61. The van der Waals surface area contributed by atoms with Crippen molar-refractivity contribution < 1.29 is 27.4 Å². The number of benzene rings is 1. The van der Waals surface area contributed by atoms with E-state index in [0.29, 0.717) is 6.42 Å². The molecule has 1 atom stereocenters. The third kappa shape index (κ3) is 2.48. The molecule has 0 bridgehead atoms. The average Bonchev–Trinajstić information content (AvgIpc) is 3.10. The van der Waals surface area contributed by atoms with Gasteiger partial charge in [0.1, 0.15) is 0 Å². The highest BCUT2D eigenvalue weighted by Gasteiger charge is 2.72. The Kier molecular flexibility index (Phi) is 3.30. The van der Waals surface area contributed by atoms with Gasteiger partial charge in [0, 0.05) is 6.42 Å². The van der Waals surface area contributed by atoms with E-state index < -0.39 is 24.4 Å². The van der Waals surface area contributed by atoms with Crippen LogP contribution in [0, 0.1) is 0 Å². The number of alkyl halides is 3. The van der Waals surface area contributed by atoms with Crippen molar-refractivity contribution in [3.05, 3.63) is 35.9 Å². The van der Waals surface area contributed by atoms with Crippen LogP contribution in [0.4, 0.5) is 13.2 Å². The summed E-state index contributed by atoms with van der Waals surface area (Å²) in [6.07, 6.45) is -4.34. The van der Waals surface area contributed by atoms with Gasteiger partial charge in [0.2, 0.25) is 0 Å². The maximum atomic E-state index is 12.5. The summed E-state index contributed by atoms with van der Waals surface area (Å²) in [6.45, 7) is -0.745. The Morgan fingerprint density at radius 1 is 1.33 bits per heavy atom. The lowest BCUT2D eigenvalue weighted by molar-refractivity contribution is -0.203. The van der Waals surface area contributed by atoms with E-state index in [0.717, 1.165) is 5.56 Å². The first-order valence-corrected chi connectivity index (χ1v) is 5.37. The van der Waals surface area contributed by atoms with E-state index in [9.17, 15) is 18.0 Å². The van der Waals surface area contributed by atoms with Crippen LogP contribution in [0.1, 0.15) is 5.56 Å². The quantitative estimate of drug-likeness (QED) is 0.614. The third-order valence-electron chi connectivity index (χ3n) is 2.69. The van der Waals surface area contributed by atoms with Crippen molar-refractivity contribution in [3.8, 4) is 0 Å². The fourth-order valence-corrected chi connectivity index (χ4v) is 1.49. The topological polar surface area (TPSA) is 38.8 Å². The first-order valence-electron chi connectivity index (χ1n) is 5.37. The molecule has 0 radical (unpaired) electrons. The third-order valence-corrected chi connectivity index (χ3v) is 2.69. The van der Waals surface area contributed by atoms with Crippen LogP contribution < -0.4 is 0 Å². The van der Waals surface area contributed by atoms with Crippen LogP contribution in [0.5, 0.6) is 0 Å². The molecule has 2 rings (SSSR count). The second-order valence-electron chi connectivity index (χ2n) is 3.98. The summed E-state index contributed by atoms with van der Waals surface area (Å²) >= 11 is 0. The summed E-state index contributed by atoms with van der Waals surface area (Å²) in [6, 6.07) is 9.05. The number of rotatable bonds is 4. The molecule has 1 heterocycles. The van der Waals surface area contributed by atoms with Crippen molar-refractivity contribution in [2.45, 2.75) is 18.2 Å². The molecule has 1 aliphatic heterocycles. The molecule has 0 saturated carbocycles. The van der Waals surface area contributed by atoms with Gasteiger partial charge in [-0.3, -0.25) is 0 Å². The highest BCUT2D eigenvalue weighted by molar-refractivity contribution is 5.83. The molecule has 1 aromatic rings. The molecule has 0 N–H and O–H groups in total. The zero-order valence-corrected chi connectivity index (χ0v) is 9.37. The van der Waals surface area contributed by atoms with E-state index in [1.807, 2.05) is 6.07 Å². The minimum atomic E-state index is -4.71. The van der Waals surface area contributed by atoms with Crippen LogP contribution in [-0.4, -0.2) is 31.0 Å². The predicted octanol–water partition coefficient (Wildman–Crippen LogP) is 2.10. The zero-order valence-electron chi connectivity index (χ0n) is 9.37. The van der Waals surface area contributed by atoms with Crippen LogP contribution >= 0.6 is 0 Å². The van der Waals surface area contributed by atoms with Crippen LogP contribution in [-0.2, 0) is 20.7 Å². The van der Waals surface area contributed by atoms with Crippen LogP contribution in [0.3, 0.4) is 0 Å². The van der Waals surface area contributed by atoms with Crippen molar-refractivity contribution in [1.82, 2.24) is 0 Å². The monoisotopic (exact) mass is 260 g/mol. The Bertz CT molecular complexity index is 424. The molecule has 3 nitrogen and oxygen atoms in total. The number of ether oxygens (including phenoxy) is 2. The van der Waals surface area contributed by atoms with Gasteiger partial charge < -0.3 is 9.47 Å². The number of esters is 1. The van der Waals surface area contributed by atoms with E-state index in [2.05, 4.69) is 9.47 Å². The SMILES string of the molecule is O=C(OCCc1ccccc1)[C@@]1(C(F)(F)F)CO1. The van der Waals surface area contributed by atoms with Gasteiger partial charge in [0.15, 0.2) is 0 Å². The van der Waals surface area contributed by atoms with Gasteiger partial charge in [0.05, 0.1) is 13.2 Å². The molecule has 0 amide bonds. The Labute approximate surface area is 102 Å². The summed E-state index contributed by atoms with van der Waals surface area (Å²) < 4.78 is 46.3.